The van der Waals surface area contributed by atoms with E-state index in [1.165, 1.54) is 5.56 Å². The second-order valence-electron chi connectivity index (χ2n) is 7.81. The van der Waals surface area contributed by atoms with Gasteiger partial charge in [0.1, 0.15) is 5.75 Å². The summed E-state index contributed by atoms with van der Waals surface area (Å²) < 4.78 is 7.51. The lowest BCUT2D eigenvalue weighted by Crippen LogP contribution is -2.23. The SMILES string of the molecule is CCCCn1cc(-c2ccc(C(C)(C)C)c(OC)c2)c(C)c(C)c1=O. The van der Waals surface area contributed by atoms with Crippen molar-refractivity contribution >= 4 is 0 Å². The number of hydrogen-bond donors (Lipinski definition) is 0. The van der Waals surface area contributed by atoms with E-state index in [4.69, 9.17) is 4.74 Å². The summed E-state index contributed by atoms with van der Waals surface area (Å²) in [4.78, 5) is 12.5. The average molecular weight is 341 g/mol. The van der Waals surface area contributed by atoms with Crippen LogP contribution in [0.1, 0.15) is 57.2 Å². The smallest absolute Gasteiger partial charge is 0.253 e. The van der Waals surface area contributed by atoms with Gasteiger partial charge in [0.15, 0.2) is 0 Å². The number of pyridine rings is 1. The van der Waals surface area contributed by atoms with E-state index in [-0.39, 0.29) is 11.0 Å². The standard InChI is InChI=1S/C22H31NO2/c1-8-9-12-23-14-18(15(2)16(3)21(23)24)17-10-11-19(22(4,5)6)20(13-17)25-7/h10-11,13-14H,8-9,12H2,1-7H3. The molecule has 1 aromatic carbocycles. The molecule has 1 aromatic heterocycles. The number of aryl methyl sites for hydroxylation is 1. The third-order valence-electron chi connectivity index (χ3n) is 4.91. The third-order valence-corrected chi connectivity index (χ3v) is 4.91. The minimum atomic E-state index is 0.0226. The van der Waals surface area contributed by atoms with E-state index in [2.05, 4.69) is 45.9 Å². The van der Waals surface area contributed by atoms with Gasteiger partial charge in [-0.3, -0.25) is 4.79 Å². The van der Waals surface area contributed by atoms with E-state index in [9.17, 15) is 4.79 Å². The molecule has 0 unspecified atom stereocenters. The van der Waals surface area contributed by atoms with Crippen LogP contribution in [0.15, 0.2) is 29.2 Å². The second-order valence-corrected chi connectivity index (χ2v) is 7.81. The summed E-state index contributed by atoms with van der Waals surface area (Å²) in [6, 6.07) is 6.38. The molecule has 136 valence electrons. The molecule has 0 aliphatic heterocycles. The summed E-state index contributed by atoms with van der Waals surface area (Å²) in [7, 11) is 1.72. The van der Waals surface area contributed by atoms with Gasteiger partial charge in [-0.15, -0.1) is 0 Å². The van der Waals surface area contributed by atoms with E-state index >= 15 is 0 Å². The van der Waals surface area contributed by atoms with Gasteiger partial charge in [-0.05, 0) is 48.4 Å². The van der Waals surface area contributed by atoms with Gasteiger partial charge in [0.2, 0.25) is 0 Å². The van der Waals surface area contributed by atoms with Crippen molar-refractivity contribution in [3.05, 3.63) is 51.4 Å². The van der Waals surface area contributed by atoms with Crippen molar-refractivity contribution in [3.63, 3.8) is 0 Å². The highest BCUT2D eigenvalue weighted by molar-refractivity contribution is 5.70. The predicted molar refractivity (Wildman–Crippen MR) is 106 cm³/mol. The fraction of sp³-hybridized carbons (Fsp3) is 0.500. The van der Waals surface area contributed by atoms with Gasteiger partial charge in [0, 0.05) is 23.9 Å². The van der Waals surface area contributed by atoms with Gasteiger partial charge in [-0.1, -0.05) is 46.2 Å². The Morgan fingerprint density at radius 1 is 1.12 bits per heavy atom. The molecule has 0 fully saturated rings. The lowest BCUT2D eigenvalue weighted by Gasteiger charge is -2.23. The predicted octanol–water partition coefficient (Wildman–Crippen LogP) is 5.24. The fourth-order valence-corrected chi connectivity index (χ4v) is 3.15. The molecular weight excluding hydrogens is 310 g/mol. The van der Waals surface area contributed by atoms with Crippen molar-refractivity contribution in [3.8, 4) is 16.9 Å². The minimum absolute atomic E-state index is 0.0226. The Morgan fingerprint density at radius 3 is 2.36 bits per heavy atom. The van der Waals surface area contributed by atoms with E-state index < -0.39 is 0 Å². The van der Waals surface area contributed by atoms with Crippen LogP contribution in [0.25, 0.3) is 11.1 Å². The molecular formula is C22H31NO2. The molecule has 2 aromatic rings. The fourth-order valence-electron chi connectivity index (χ4n) is 3.15. The number of benzene rings is 1. The second kappa shape index (κ2) is 7.47. The van der Waals surface area contributed by atoms with Crippen LogP contribution in [0.5, 0.6) is 5.75 Å². The van der Waals surface area contributed by atoms with Gasteiger partial charge < -0.3 is 9.30 Å². The van der Waals surface area contributed by atoms with Gasteiger partial charge in [0.05, 0.1) is 7.11 Å². The Hall–Kier alpha value is -2.03. The van der Waals surface area contributed by atoms with Crippen LogP contribution in [-0.4, -0.2) is 11.7 Å². The van der Waals surface area contributed by atoms with Crippen molar-refractivity contribution < 1.29 is 4.74 Å². The number of hydrogen-bond acceptors (Lipinski definition) is 2. The first-order valence-corrected chi connectivity index (χ1v) is 9.10. The van der Waals surface area contributed by atoms with Gasteiger partial charge in [0.25, 0.3) is 5.56 Å². The molecule has 0 aliphatic rings. The van der Waals surface area contributed by atoms with Crippen molar-refractivity contribution in [2.75, 3.05) is 7.11 Å². The Kier molecular flexibility index (Phi) is 5.76. The normalized spacial score (nSPS) is 11.6. The molecule has 0 radical (unpaired) electrons. The van der Waals surface area contributed by atoms with Gasteiger partial charge in [-0.2, -0.15) is 0 Å². The van der Waals surface area contributed by atoms with Crippen LogP contribution in [0.3, 0.4) is 0 Å². The van der Waals surface area contributed by atoms with Crippen molar-refractivity contribution in [2.45, 2.75) is 66.3 Å². The Bertz CT molecular complexity index is 810. The maximum Gasteiger partial charge on any atom is 0.253 e. The highest BCUT2D eigenvalue weighted by atomic mass is 16.5. The highest BCUT2D eigenvalue weighted by Crippen LogP contribution is 2.35. The first kappa shape index (κ1) is 19.3. The van der Waals surface area contributed by atoms with Crippen molar-refractivity contribution in [1.29, 1.82) is 0 Å². The molecule has 0 amide bonds. The Balaban J connectivity index is 2.62. The first-order chi connectivity index (χ1) is 11.7. The molecule has 0 spiro atoms. The van der Waals surface area contributed by atoms with Crippen LogP contribution in [0.2, 0.25) is 0 Å². The maximum absolute atomic E-state index is 12.5. The molecule has 25 heavy (non-hydrogen) atoms. The molecule has 0 aliphatic carbocycles. The molecule has 0 N–H and O–H groups in total. The van der Waals surface area contributed by atoms with Crippen molar-refractivity contribution in [1.82, 2.24) is 4.57 Å². The zero-order valence-corrected chi connectivity index (χ0v) is 16.7. The summed E-state index contributed by atoms with van der Waals surface area (Å²) in [6.07, 6.45) is 4.09. The summed E-state index contributed by atoms with van der Waals surface area (Å²) in [5, 5.41) is 0. The molecule has 0 saturated heterocycles. The molecule has 1 heterocycles. The average Bonchev–Trinajstić information content (AvgIpc) is 2.57. The molecule has 3 nitrogen and oxygen atoms in total. The summed E-state index contributed by atoms with van der Waals surface area (Å²) in [5.41, 5.74) is 5.40. The number of aromatic nitrogens is 1. The maximum atomic E-state index is 12.5. The minimum Gasteiger partial charge on any atom is -0.496 e. The van der Waals surface area contributed by atoms with Crippen molar-refractivity contribution in [2.24, 2.45) is 0 Å². The number of nitrogens with zero attached hydrogens (tertiary/aromatic N) is 1. The van der Waals surface area contributed by atoms with Crippen LogP contribution < -0.4 is 10.3 Å². The molecule has 2 rings (SSSR count). The van der Waals surface area contributed by atoms with E-state index in [0.29, 0.717) is 0 Å². The van der Waals surface area contributed by atoms with Gasteiger partial charge in [-0.25, -0.2) is 0 Å². The number of unbranched alkanes of at least 4 members (excludes halogenated alkanes) is 1. The Morgan fingerprint density at radius 2 is 1.80 bits per heavy atom. The highest BCUT2D eigenvalue weighted by Gasteiger charge is 2.20. The van der Waals surface area contributed by atoms with Crippen LogP contribution in [0, 0.1) is 13.8 Å². The number of methoxy groups -OCH3 is 1. The topological polar surface area (TPSA) is 31.2 Å². The van der Waals surface area contributed by atoms with E-state index in [1.54, 1.807) is 7.11 Å². The number of rotatable bonds is 5. The molecule has 0 saturated carbocycles. The molecule has 0 bridgehead atoms. The Labute approximate surface area is 151 Å². The summed E-state index contributed by atoms with van der Waals surface area (Å²) in [5.74, 6) is 0.897. The third kappa shape index (κ3) is 3.97. The zero-order chi connectivity index (χ0) is 18.8. The lowest BCUT2D eigenvalue weighted by atomic mass is 9.85. The van der Waals surface area contributed by atoms with E-state index in [0.717, 1.165) is 47.4 Å². The van der Waals surface area contributed by atoms with Crippen LogP contribution in [-0.2, 0) is 12.0 Å². The molecule has 0 atom stereocenters. The van der Waals surface area contributed by atoms with Gasteiger partial charge >= 0.3 is 0 Å². The lowest BCUT2D eigenvalue weighted by molar-refractivity contribution is 0.398. The van der Waals surface area contributed by atoms with Crippen LogP contribution >= 0.6 is 0 Å². The first-order valence-electron chi connectivity index (χ1n) is 9.10. The number of ether oxygens (including phenoxy) is 1. The largest absolute Gasteiger partial charge is 0.496 e. The molecule has 3 heteroatoms. The summed E-state index contributed by atoms with van der Waals surface area (Å²) in [6.45, 7) is 13.4. The summed E-state index contributed by atoms with van der Waals surface area (Å²) >= 11 is 0. The monoisotopic (exact) mass is 341 g/mol. The van der Waals surface area contributed by atoms with E-state index in [1.807, 2.05) is 24.6 Å². The van der Waals surface area contributed by atoms with Crippen LogP contribution in [0.4, 0.5) is 0 Å². The zero-order valence-electron chi connectivity index (χ0n) is 16.7. The quantitative estimate of drug-likeness (QED) is 0.745.